The Morgan fingerprint density at radius 3 is 2.39 bits per heavy atom. The molecular formula is C15H20O3. The number of hydrogen-bond donors (Lipinski definition) is 0. The van der Waals surface area contributed by atoms with E-state index in [-0.39, 0.29) is 17.5 Å². The largest absolute Gasteiger partial charge is 0.464 e. The number of carbonyl (C=O) groups is 1. The first kappa shape index (κ1) is 13.1. The third-order valence-electron chi connectivity index (χ3n) is 4.02. The summed E-state index contributed by atoms with van der Waals surface area (Å²) in [6.07, 6.45) is 0.0297. The van der Waals surface area contributed by atoms with Gasteiger partial charge in [0.25, 0.3) is 0 Å². The molecule has 0 radical (unpaired) electrons. The van der Waals surface area contributed by atoms with Gasteiger partial charge in [0.1, 0.15) is 0 Å². The van der Waals surface area contributed by atoms with Crippen molar-refractivity contribution in [1.29, 1.82) is 0 Å². The summed E-state index contributed by atoms with van der Waals surface area (Å²) in [4.78, 5) is 12.4. The second kappa shape index (κ2) is 4.39. The van der Waals surface area contributed by atoms with Crippen molar-refractivity contribution in [3.63, 3.8) is 0 Å². The van der Waals surface area contributed by atoms with E-state index in [1.165, 1.54) is 0 Å². The molecule has 1 heterocycles. The molecule has 0 N–H and O–H groups in total. The Balaban J connectivity index is 2.46. The molecule has 3 nitrogen and oxygen atoms in total. The van der Waals surface area contributed by atoms with Gasteiger partial charge in [0.05, 0.1) is 12.7 Å². The highest BCUT2D eigenvalue weighted by atomic mass is 16.6. The van der Waals surface area contributed by atoms with Crippen molar-refractivity contribution in [1.82, 2.24) is 0 Å². The van der Waals surface area contributed by atoms with E-state index in [1.54, 1.807) is 0 Å². The first-order valence-electron chi connectivity index (χ1n) is 6.37. The summed E-state index contributed by atoms with van der Waals surface area (Å²) in [7, 11) is 0. The lowest BCUT2D eigenvalue weighted by molar-refractivity contribution is -0.304. The minimum absolute atomic E-state index is 0.0297. The van der Waals surface area contributed by atoms with Crippen molar-refractivity contribution in [2.75, 3.05) is 6.61 Å². The molecule has 2 atom stereocenters. The van der Waals surface area contributed by atoms with Gasteiger partial charge in [-0.1, -0.05) is 44.2 Å². The Hall–Kier alpha value is -1.35. The molecule has 98 valence electrons. The fourth-order valence-corrected chi connectivity index (χ4v) is 2.57. The van der Waals surface area contributed by atoms with E-state index in [4.69, 9.17) is 9.47 Å². The van der Waals surface area contributed by atoms with Crippen LogP contribution < -0.4 is 0 Å². The molecule has 1 fully saturated rings. The number of carbonyl (C=O) groups excluding carboxylic acids is 1. The highest BCUT2D eigenvalue weighted by Gasteiger charge is 2.66. The van der Waals surface area contributed by atoms with Gasteiger partial charge < -0.3 is 9.47 Å². The summed E-state index contributed by atoms with van der Waals surface area (Å²) in [5, 5.41) is 0. The molecule has 0 saturated carbocycles. The van der Waals surface area contributed by atoms with Crippen LogP contribution in [0.5, 0.6) is 0 Å². The number of esters is 1. The SMILES string of the molecule is CCOC(=O)[C@@]1(c2ccccc2)O[C@@H](C)C1(C)C. The molecule has 1 aliphatic heterocycles. The van der Waals surface area contributed by atoms with Crippen molar-refractivity contribution in [3.05, 3.63) is 35.9 Å². The summed E-state index contributed by atoms with van der Waals surface area (Å²) in [5.41, 5.74) is -0.379. The van der Waals surface area contributed by atoms with E-state index in [9.17, 15) is 4.79 Å². The molecule has 0 aliphatic carbocycles. The minimum atomic E-state index is -0.969. The molecule has 0 spiro atoms. The van der Waals surface area contributed by atoms with Crippen LogP contribution in [0.3, 0.4) is 0 Å². The van der Waals surface area contributed by atoms with Gasteiger partial charge in [-0.15, -0.1) is 0 Å². The average Bonchev–Trinajstić information content (AvgIpc) is 2.36. The van der Waals surface area contributed by atoms with Gasteiger partial charge in [0.15, 0.2) is 5.60 Å². The maximum atomic E-state index is 12.4. The highest BCUT2D eigenvalue weighted by Crippen LogP contribution is 2.56. The number of ether oxygens (including phenoxy) is 2. The maximum Gasteiger partial charge on any atom is 0.343 e. The third-order valence-corrected chi connectivity index (χ3v) is 4.02. The van der Waals surface area contributed by atoms with Gasteiger partial charge in [-0.25, -0.2) is 4.79 Å². The smallest absolute Gasteiger partial charge is 0.343 e. The molecule has 18 heavy (non-hydrogen) atoms. The quantitative estimate of drug-likeness (QED) is 0.772. The van der Waals surface area contributed by atoms with E-state index in [0.717, 1.165) is 5.56 Å². The summed E-state index contributed by atoms with van der Waals surface area (Å²) < 4.78 is 11.1. The molecule has 1 aromatic rings. The van der Waals surface area contributed by atoms with Crippen molar-refractivity contribution in [2.24, 2.45) is 5.41 Å². The summed E-state index contributed by atoms with van der Waals surface area (Å²) in [6.45, 7) is 8.25. The van der Waals surface area contributed by atoms with E-state index in [1.807, 2.05) is 58.0 Å². The topological polar surface area (TPSA) is 35.5 Å². The Kier molecular flexibility index (Phi) is 3.20. The normalized spacial score (nSPS) is 29.4. The van der Waals surface area contributed by atoms with Crippen molar-refractivity contribution < 1.29 is 14.3 Å². The Bertz CT molecular complexity index is 438. The van der Waals surface area contributed by atoms with Gasteiger partial charge in [-0.3, -0.25) is 0 Å². The first-order valence-corrected chi connectivity index (χ1v) is 6.37. The third kappa shape index (κ3) is 1.57. The van der Waals surface area contributed by atoms with Gasteiger partial charge in [0.2, 0.25) is 0 Å². The lowest BCUT2D eigenvalue weighted by Gasteiger charge is -2.58. The van der Waals surface area contributed by atoms with Gasteiger partial charge >= 0.3 is 5.97 Å². The standard InChI is InChI=1S/C15H20O3/c1-5-17-13(16)15(12-9-7-6-8-10-12)14(3,4)11(2)18-15/h6-11H,5H2,1-4H3/t11-,15+/m0/s1. The molecule has 0 bridgehead atoms. The van der Waals surface area contributed by atoms with Crippen molar-refractivity contribution in [2.45, 2.75) is 39.4 Å². The lowest BCUT2D eigenvalue weighted by atomic mass is 9.62. The number of rotatable bonds is 3. The zero-order valence-electron chi connectivity index (χ0n) is 11.4. The second-order valence-corrected chi connectivity index (χ2v) is 5.25. The molecule has 1 aromatic carbocycles. The summed E-state index contributed by atoms with van der Waals surface area (Å²) in [5.74, 6) is -0.292. The van der Waals surface area contributed by atoms with Gasteiger partial charge in [-0.05, 0) is 19.4 Å². The molecule has 0 unspecified atom stereocenters. The Labute approximate surface area is 108 Å². The predicted octanol–water partition coefficient (Wildman–Crippen LogP) is 2.89. The summed E-state index contributed by atoms with van der Waals surface area (Å²) >= 11 is 0. The predicted molar refractivity (Wildman–Crippen MR) is 69.1 cm³/mol. The lowest BCUT2D eigenvalue weighted by Crippen LogP contribution is -2.67. The van der Waals surface area contributed by atoms with Crippen molar-refractivity contribution in [3.8, 4) is 0 Å². The van der Waals surface area contributed by atoms with Crippen LogP contribution in [0.4, 0.5) is 0 Å². The molecule has 0 amide bonds. The molecule has 0 aromatic heterocycles. The number of hydrogen-bond acceptors (Lipinski definition) is 3. The highest BCUT2D eigenvalue weighted by molar-refractivity contribution is 5.84. The van der Waals surface area contributed by atoms with Crippen LogP contribution in [0.15, 0.2) is 30.3 Å². The number of benzene rings is 1. The van der Waals surface area contributed by atoms with Crippen LogP contribution in [0, 0.1) is 5.41 Å². The zero-order chi connectivity index (χ0) is 13.4. The Morgan fingerprint density at radius 2 is 1.94 bits per heavy atom. The first-order chi connectivity index (χ1) is 8.46. The average molecular weight is 248 g/mol. The molecule has 2 rings (SSSR count). The van der Waals surface area contributed by atoms with E-state index >= 15 is 0 Å². The molecule has 1 saturated heterocycles. The van der Waals surface area contributed by atoms with Crippen LogP contribution >= 0.6 is 0 Å². The second-order valence-electron chi connectivity index (χ2n) is 5.25. The molecule has 3 heteroatoms. The van der Waals surface area contributed by atoms with Crippen LogP contribution in [-0.2, 0) is 19.9 Å². The maximum absolute atomic E-state index is 12.4. The van der Waals surface area contributed by atoms with Gasteiger partial charge in [0, 0.05) is 5.41 Å². The van der Waals surface area contributed by atoms with E-state index in [2.05, 4.69) is 0 Å². The van der Waals surface area contributed by atoms with Crippen molar-refractivity contribution >= 4 is 5.97 Å². The van der Waals surface area contributed by atoms with E-state index < -0.39 is 5.60 Å². The van der Waals surface area contributed by atoms with Crippen LogP contribution in [0.2, 0.25) is 0 Å². The molecule has 1 aliphatic rings. The van der Waals surface area contributed by atoms with Crippen LogP contribution in [0.25, 0.3) is 0 Å². The summed E-state index contributed by atoms with van der Waals surface area (Å²) in [6, 6.07) is 9.60. The zero-order valence-corrected chi connectivity index (χ0v) is 11.4. The van der Waals surface area contributed by atoms with Crippen LogP contribution in [-0.4, -0.2) is 18.7 Å². The fraction of sp³-hybridized carbons (Fsp3) is 0.533. The Morgan fingerprint density at radius 1 is 1.33 bits per heavy atom. The minimum Gasteiger partial charge on any atom is -0.464 e. The van der Waals surface area contributed by atoms with E-state index in [0.29, 0.717) is 6.61 Å². The monoisotopic (exact) mass is 248 g/mol. The van der Waals surface area contributed by atoms with Gasteiger partial charge in [-0.2, -0.15) is 0 Å². The molecular weight excluding hydrogens is 228 g/mol. The fourth-order valence-electron chi connectivity index (χ4n) is 2.57. The van der Waals surface area contributed by atoms with Crippen LogP contribution in [0.1, 0.15) is 33.3 Å².